The summed E-state index contributed by atoms with van der Waals surface area (Å²) in [7, 11) is 3.16. The lowest BCUT2D eigenvalue weighted by molar-refractivity contribution is -0.140. The number of amides is 1. The summed E-state index contributed by atoms with van der Waals surface area (Å²) in [6.07, 6.45) is 0.584. The standard InChI is InChI=1S/C23H25NO5/c1-15-5-7-17(8-6-15)21(25)19-20(16-9-11-18(29-3)12-10-16)24(13-4-14-28-2)23(27)22(19)26/h5-12,20,25H,4,13-14H2,1-3H3/b21-19+/t20-/m1/s1. The lowest BCUT2D eigenvalue weighted by Crippen LogP contribution is -2.31. The molecule has 1 amide bonds. The van der Waals surface area contributed by atoms with Crippen molar-refractivity contribution in [1.82, 2.24) is 4.90 Å². The van der Waals surface area contributed by atoms with Gasteiger partial charge in [-0.15, -0.1) is 0 Å². The number of nitrogens with zero attached hydrogens (tertiary/aromatic N) is 1. The van der Waals surface area contributed by atoms with Crippen LogP contribution >= 0.6 is 0 Å². The van der Waals surface area contributed by atoms with Crippen LogP contribution in [0.2, 0.25) is 0 Å². The predicted octanol–water partition coefficient (Wildman–Crippen LogP) is 3.46. The van der Waals surface area contributed by atoms with Crippen LogP contribution in [-0.2, 0) is 14.3 Å². The second-order valence-electron chi connectivity index (χ2n) is 6.98. The summed E-state index contributed by atoms with van der Waals surface area (Å²) in [5.74, 6) is -0.793. The van der Waals surface area contributed by atoms with Crippen LogP contribution in [0.15, 0.2) is 54.1 Å². The van der Waals surface area contributed by atoms with Crippen LogP contribution in [0.3, 0.4) is 0 Å². The molecule has 152 valence electrons. The molecule has 0 bridgehead atoms. The van der Waals surface area contributed by atoms with Crippen LogP contribution < -0.4 is 4.74 Å². The second kappa shape index (κ2) is 8.92. The molecule has 1 N–H and O–H groups in total. The van der Waals surface area contributed by atoms with Gasteiger partial charge in [-0.1, -0.05) is 42.0 Å². The summed E-state index contributed by atoms with van der Waals surface area (Å²) >= 11 is 0. The van der Waals surface area contributed by atoms with Gasteiger partial charge in [-0.05, 0) is 31.0 Å². The quantitative estimate of drug-likeness (QED) is 0.336. The van der Waals surface area contributed by atoms with Crippen LogP contribution in [0.4, 0.5) is 0 Å². The topological polar surface area (TPSA) is 76.1 Å². The van der Waals surface area contributed by atoms with E-state index in [1.165, 1.54) is 4.90 Å². The Bertz CT molecular complexity index is 915. The van der Waals surface area contributed by atoms with E-state index >= 15 is 0 Å². The van der Waals surface area contributed by atoms with E-state index in [1.54, 1.807) is 50.6 Å². The largest absolute Gasteiger partial charge is 0.507 e. The number of aliphatic hydroxyl groups excluding tert-OH is 1. The van der Waals surface area contributed by atoms with Crippen LogP contribution in [0, 0.1) is 6.92 Å². The number of methoxy groups -OCH3 is 2. The lowest BCUT2D eigenvalue weighted by Gasteiger charge is -2.25. The first-order valence-corrected chi connectivity index (χ1v) is 9.46. The molecule has 6 nitrogen and oxygen atoms in total. The summed E-state index contributed by atoms with van der Waals surface area (Å²) < 4.78 is 10.3. The number of carbonyl (C=O) groups is 2. The molecule has 1 fully saturated rings. The lowest BCUT2D eigenvalue weighted by atomic mass is 9.95. The summed E-state index contributed by atoms with van der Waals surface area (Å²) in [5.41, 5.74) is 2.37. The number of benzene rings is 2. The van der Waals surface area contributed by atoms with E-state index in [-0.39, 0.29) is 11.3 Å². The molecule has 1 atom stereocenters. The number of Topliss-reactive ketones (excluding diaryl/α,β-unsaturated/α-hetero) is 1. The molecule has 2 aromatic rings. The maximum Gasteiger partial charge on any atom is 0.295 e. The van der Waals surface area contributed by atoms with Crippen molar-refractivity contribution in [2.24, 2.45) is 0 Å². The number of rotatable bonds is 7. The fraction of sp³-hybridized carbons (Fsp3) is 0.304. The van der Waals surface area contributed by atoms with E-state index in [0.29, 0.717) is 30.9 Å². The minimum atomic E-state index is -0.679. The normalized spacial score (nSPS) is 18.3. The summed E-state index contributed by atoms with van der Waals surface area (Å²) in [6.45, 7) is 2.76. The molecule has 0 saturated carbocycles. The zero-order chi connectivity index (χ0) is 21.0. The Morgan fingerprint density at radius 3 is 2.28 bits per heavy atom. The zero-order valence-corrected chi connectivity index (χ0v) is 16.8. The van der Waals surface area contributed by atoms with Gasteiger partial charge in [-0.3, -0.25) is 9.59 Å². The Kier molecular flexibility index (Phi) is 6.34. The SMILES string of the molecule is COCCCN1C(=O)C(=O)/C(=C(/O)c2ccc(C)cc2)[C@H]1c1ccc(OC)cc1. The molecule has 0 spiro atoms. The Morgan fingerprint density at radius 2 is 1.69 bits per heavy atom. The molecule has 1 aliphatic heterocycles. The van der Waals surface area contributed by atoms with Crippen molar-refractivity contribution in [3.8, 4) is 5.75 Å². The third kappa shape index (κ3) is 4.17. The summed E-state index contributed by atoms with van der Waals surface area (Å²) in [6, 6.07) is 13.7. The summed E-state index contributed by atoms with van der Waals surface area (Å²) in [5, 5.41) is 11.0. The third-order valence-corrected chi connectivity index (χ3v) is 5.04. The molecule has 1 aliphatic rings. The van der Waals surface area contributed by atoms with Gasteiger partial charge in [0.05, 0.1) is 18.7 Å². The number of ketones is 1. The molecule has 1 saturated heterocycles. The van der Waals surface area contributed by atoms with Gasteiger partial charge in [0.2, 0.25) is 0 Å². The average molecular weight is 395 g/mol. The molecule has 0 radical (unpaired) electrons. The van der Waals surface area contributed by atoms with Gasteiger partial charge in [-0.2, -0.15) is 0 Å². The first kappa shape index (κ1) is 20.6. The van der Waals surface area contributed by atoms with E-state index in [0.717, 1.165) is 11.1 Å². The average Bonchev–Trinajstić information content (AvgIpc) is 2.99. The zero-order valence-electron chi connectivity index (χ0n) is 16.8. The van der Waals surface area contributed by atoms with Crippen LogP contribution in [-0.4, -0.2) is 49.1 Å². The van der Waals surface area contributed by atoms with Gasteiger partial charge in [0.1, 0.15) is 11.5 Å². The fourth-order valence-electron chi connectivity index (χ4n) is 3.49. The smallest absolute Gasteiger partial charge is 0.295 e. The first-order valence-electron chi connectivity index (χ1n) is 9.46. The van der Waals surface area contributed by atoms with Crippen molar-refractivity contribution >= 4 is 17.4 Å². The first-order chi connectivity index (χ1) is 14.0. The van der Waals surface area contributed by atoms with E-state index in [4.69, 9.17) is 9.47 Å². The van der Waals surface area contributed by atoms with Gasteiger partial charge in [0.25, 0.3) is 11.7 Å². The number of aliphatic hydroxyl groups is 1. The van der Waals surface area contributed by atoms with E-state index < -0.39 is 17.7 Å². The summed E-state index contributed by atoms with van der Waals surface area (Å²) in [4.78, 5) is 27.1. The highest BCUT2D eigenvalue weighted by atomic mass is 16.5. The third-order valence-electron chi connectivity index (χ3n) is 5.04. The minimum absolute atomic E-state index is 0.0986. The van der Waals surface area contributed by atoms with Gasteiger partial charge in [-0.25, -0.2) is 0 Å². The van der Waals surface area contributed by atoms with Gasteiger partial charge < -0.3 is 19.5 Å². The highest BCUT2D eigenvalue weighted by Crippen LogP contribution is 2.39. The molecule has 6 heteroatoms. The molecule has 2 aromatic carbocycles. The Hall–Kier alpha value is -3.12. The van der Waals surface area contributed by atoms with Crippen LogP contribution in [0.5, 0.6) is 5.75 Å². The van der Waals surface area contributed by atoms with Crippen LogP contribution in [0.25, 0.3) is 5.76 Å². The maximum absolute atomic E-state index is 12.9. The molecule has 0 aromatic heterocycles. The molecular weight excluding hydrogens is 370 g/mol. The Morgan fingerprint density at radius 1 is 1.03 bits per heavy atom. The fourth-order valence-corrected chi connectivity index (χ4v) is 3.49. The number of carbonyl (C=O) groups excluding carboxylic acids is 2. The minimum Gasteiger partial charge on any atom is -0.507 e. The van der Waals surface area contributed by atoms with Gasteiger partial charge >= 0.3 is 0 Å². The Labute approximate surface area is 170 Å². The number of aryl methyl sites for hydroxylation is 1. The molecule has 29 heavy (non-hydrogen) atoms. The van der Waals surface area contributed by atoms with Crippen molar-refractivity contribution in [3.05, 3.63) is 70.8 Å². The van der Waals surface area contributed by atoms with E-state index in [9.17, 15) is 14.7 Å². The van der Waals surface area contributed by atoms with E-state index in [1.807, 2.05) is 19.1 Å². The molecule has 0 aliphatic carbocycles. The van der Waals surface area contributed by atoms with E-state index in [2.05, 4.69) is 0 Å². The highest BCUT2D eigenvalue weighted by Gasteiger charge is 2.45. The van der Waals surface area contributed by atoms with Crippen molar-refractivity contribution in [2.45, 2.75) is 19.4 Å². The van der Waals surface area contributed by atoms with Crippen LogP contribution in [0.1, 0.15) is 29.2 Å². The van der Waals surface area contributed by atoms with Crippen molar-refractivity contribution < 1.29 is 24.2 Å². The molecule has 0 unspecified atom stereocenters. The van der Waals surface area contributed by atoms with Gasteiger partial charge in [0, 0.05) is 25.8 Å². The van der Waals surface area contributed by atoms with Gasteiger partial charge in [0.15, 0.2) is 0 Å². The Balaban J connectivity index is 2.09. The molecule has 1 heterocycles. The number of ether oxygens (including phenoxy) is 2. The van der Waals surface area contributed by atoms with Crippen molar-refractivity contribution in [1.29, 1.82) is 0 Å². The second-order valence-corrected chi connectivity index (χ2v) is 6.98. The van der Waals surface area contributed by atoms with Crippen molar-refractivity contribution in [2.75, 3.05) is 27.4 Å². The van der Waals surface area contributed by atoms with Crippen molar-refractivity contribution in [3.63, 3.8) is 0 Å². The highest BCUT2D eigenvalue weighted by molar-refractivity contribution is 6.46. The predicted molar refractivity (Wildman–Crippen MR) is 110 cm³/mol. The maximum atomic E-state index is 12.9. The number of hydrogen-bond donors (Lipinski definition) is 1. The number of likely N-dealkylation sites (tertiary alicyclic amines) is 1. The molecular formula is C23H25NO5. The molecule has 3 rings (SSSR count). The number of hydrogen-bond acceptors (Lipinski definition) is 5. The monoisotopic (exact) mass is 395 g/mol.